The van der Waals surface area contributed by atoms with Crippen molar-refractivity contribution < 1.29 is 0 Å². The predicted molar refractivity (Wildman–Crippen MR) is 68.1 cm³/mol. The zero-order chi connectivity index (χ0) is 8.72. The second kappa shape index (κ2) is 3.74. The first-order valence-corrected chi connectivity index (χ1v) is 4.26. The van der Waals surface area contributed by atoms with Gasteiger partial charge in [0.05, 0.1) is 17.5 Å². The summed E-state index contributed by atoms with van der Waals surface area (Å²) in [6.45, 7) is 2.21. The fraction of sp³-hybridized carbons (Fsp3) is 0.400. The normalized spacial score (nSPS) is 15.6. The number of rotatable bonds is 0. The number of halogens is 1. The first-order valence-electron chi connectivity index (χ1n) is 4.26. The van der Waals surface area contributed by atoms with E-state index in [9.17, 15) is 0 Å². The van der Waals surface area contributed by atoms with Gasteiger partial charge in [-0.3, -0.25) is 0 Å². The van der Waals surface area contributed by atoms with Crippen LogP contribution in [0.4, 0.5) is 11.4 Å². The largest absolute Gasteiger partial charge is 0.353 e. The Balaban J connectivity index is 0.000000845. The molecule has 0 atom stereocenters. The first-order chi connectivity index (χ1) is 5.72. The van der Waals surface area contributed by atoms with Crippen molar-refractivity contribution in [3.05, 3.63) is 24.3 Å². The van der Waals surface area contributed by atoms with E-state index < -0.39 is 0 Å². The molecule has 0 unspecified atom stereocenters. The summed E-state index contributed by atoms with van der Waals surface area (Å²) in [7, 11) is 4.26. The van der Waals surface area contributed by atoms with Gasteiger partial charge >= 0.3 is 0 Å². The maximum atomic E-state index is 2.29. The average molecular weight is 290 g/mol. The lowest BCUT2D eigenvalue weighted by molar-refractivity contribution is 0.710. The van der Waals surface area contributed by atoms with E-state index in [2.05, 4.69) is 55.1 Å². The first kappa shape index (κ1) is 10.6. The van der Waals surface area contributed by atoms with Gasteiger partial charge in [0, 0.05) is 14.1 Å². The van der Waals surface area contributed by atoms with Crippen LogP contribution in [0.1, 0.15) is 6.92 Å². The van der Waals surface area contributed by atoms with Crippen LogP contribution in [0.15, 0.2) is 24.3 Å². The number of hydrogen-bond acceptors (Lipinski definition) is 2. The van der Waals surface area contributed by atoms with Gasteiger partial charge in [0.1, 0.15) is 0 Å². The van der Waals surface area contributed by atoms with Crippen LogP contribution in [0.5, 0.6) is 0 Å². The van der Waals surface area contributed by atoms with Crippen LogP contribution in [0.3, 0.4) is 0 Å². The van der Waals surface area contributed by atoms with Gasteiger partial charge in [-0.2, -0.15) is 0 Å². The summed E-state index contributed by atoms with van der Waals surface area (Å²) >= 11 is 0. The number of benzene rings is 1. The van der Waals surface area contributed by atoms with Gasteiger partial charge in [0.15, 0.2) is 0 Å². The third-order valence-electron chi connectivity index (χ3n) is 2.76. The van der Waals surface area contributed by atoms with Gasteiger partial charge in [-0.05, 0) is 19.1 Å². The fourth-order valence-electron chi connectivity index (χ4n) is 1.72. The number of hydrogen-bond donors (Lipinski definition) is 0. The molecule has 0 amide bonds. The molecule has 2 rings (SSSR count). The smallest absolute Gasteiger partial charge is 0.0982 e. The number of para-hydroxylation sites is 2. The van der Waals surface area contributed by atoms with Crippen LogP contribution in [0, 0.1) is 0 Å². The number of anilines is 2. The van der Waals surface area contributed by atoms with E-state index >= 15 is 0 Å². The van der Waals surface area contributed by atoms with Crippen molar-refractivity contribution in [3.63, 3.8) is 0 Å². The third-order valence-corrected chi connectivity index (χ3v) is 2.76. The average Bonchev–Trinajstić information content (AvgIpc) is 2.33. The van der Waals surface area contributed by atoms with Crippen LogP contribution in [-0.2, 0) is 0 Å². The molecule has 0 bridgehead atoms. The molecule has 0 fully saturated rings. The van der Waals surface area contributed by atoms with Crippen molar-refractivity contribution in [2.45, 2.75) is 13.1 Å². The topological polar surface area (TPSA) is 6.48 Å². The highest BCUT2D eigenvalue weighted by atomic mass is 127. The molecule has 1 aromatic rings. The maximum absolute atomic E-state index is 2.29. The van der Waals surface area contributed by atoms with Gasteiger partial charge in [-0.25, -0.2) is 0 Å². The molecule has 0 saturated heterocycles. The van der Waals surface area contributed by atoms with Gasteiger partial charge < -0.3 is 9.80 Å². The van der Waals surface area contributed by atoms with Crippen molar-refractivity contribution in [2.75, 3.05) is 23.9 Å². The highest BCUT2D eigenvalue weighted by molar-refractivity contribution is 14.0. The number of fused-ring (bicyclic) bond motifs is 1. The predicted octanol–water partition coefficient (Wildman–Crippen LogP) is 2.54. The van der Waals surface area contributed by atoms with Gasteiger partial charge in [0.2, 0.25) is 0 Å². The summed E-state index contributed by atoms with van der Waals surface area (Å²) in [5.74, 6) is 0. The minimum absolute atomic E-state index is 0. The van der Waals surface area contributed by atoms with Crippen molar-refractivity contribution in [1.82, 2.24) is 0 Å². The standard InChI is InChI=1S/C10H14N2.HI/c1-8-11(2)9-6-4-5-7-10(9)12(8)3;/h4-8H,1-3H3;1H. The fourth-order valence-corrected chi connectivity index (χ4v) is 1.72. The maximum Gasteiger partial charge on any atom is 0.0982 e. The Morgan fingerprint density at radius 1 is 1.00 bits per heavy atom. The molecule has 0 saturated carbocycles. The molecule has 3 heteroatoms. The van der Waals surface area contributed by atoms with Crippen molar-refractivity contribution in [2.24, 2.45) is 0 Å². The Morgan fingerprint density at radius 3 is 1.77 bits per heavy atom. The van der Waals surface area contributed by atoms with E-state index in [0.717, 1.165) is 0 Å². The lowest BCUT2D eigenvalue weighted by atomic mass is 10.3. The Bertz CT molecular complexity index is 272. The van der Waals surface area contributed by atoms with Crippen LogP contribution < -0.4 is 9.80 Å². The van der Waals surface area contributed by atoms with Crippen LogP contribution in [0.25, 0.3) is 0 Å². The summed E-state index contributed by atoms with van der Waals surface area (Å²) in [6, 6.07) is 8.49. The third kappa shape index (κ3) is 1.49. The zero-order valence-corrected chi connectivity index (χ0v) is 10.5. The molecule has 0 aliphatic carbocycles. The summed E-state index contributed by atoms with van der Waals surface area (Å²) in [4.78, 5) is 4.57. The van der Waals surface area contributed by atoms with E-state index in [-0.39, 0.29) is 24.0 Å². The van der Waals surface area contributed by atoms with E-state index in [1.807, 2.05) is 0 Å². The van der Waals surface area contributed by atoms with E-state index in [4.69, 9.17) is 0 Å². The molecule has 2 nitrogen and oxygen atoms in total. The van der Waals surface area contributed by atoms with Crippen LogP contribution in [-0.4, -0.2) is 20.3 Å². The quantitative estimate of drug-likeness (QED) is 0.678. The van der Waals surface area contributed by atoms with Gasteiger partial charge in [0.25, 0.3) is 0 Å². The molecule has 13 heavy (non-hydrogen) atoms. The van der Waals surface area contributed by atoms with E-state index in [1.165, 1.54) is 11.4 Å². The molecule has 1 aromatic carbocycles. The molecular formula is C10H15IN2. The van der Waals surface area contributed by atoms with Crippen LogP contribution in [0.2, 0.25) is 0 Å². The SMILES string of the molecule is CC1N(C)c2ccccc2N1C.I. The molecular weight excluding hydrogens is 275 g/mol. The minimum atomic E-state index is 0. The Labute approximate surface area is 96.5 Å². The lowest BCUT2D eigenvalue weighted by Crippen LogP contribution is -2.35. The molecule has 72 valence electrons. The van der Waals surface area contributed by atoms with Crippen molar-refractivity contribution in [3.8, 4) is 0 Å². The van der Waals surface area contributed by atoms with Crippen molar-refractivity contribution in [1.29, 1.82) is 0 Å². The molecule has 1 aliphatic heterocycles. The summed E-state index contributed by atoms with van der Waals surface area (Å²) in [5.41, 5.74) is 2.65. The van der Waals surface area contributed by atoms with Crippen LogP contribution >= 0.6 is 24.0 Å². The molecule has 0 N–H and O–H groups in total. The lowest BCUT2D eigenvalue weighted by Gasteiger charge is -2.23. The van der Waals surface area contributed by atoms with E-state index in [0.29, 0.717) is 6.17 Å². The van der Waals surface area contributed by atoms with E-state index in [1.54, 1.807) is 0 Å². The Hall–Kier alpha value is -0.450. The summed E-state index contributed by atoms with van der Waals surface area (Å²) in [5, 5.41) is 0. The Morgan fingerprint density at radius 2 is 1.38 bits per heavy atom. The number of nitrogens with zero attached hydrogens (tertiary/aromatic N) is 2. The molecule has 0 spiro atoms. The molecule has 0 aromatic heterocycles. The zero-order valence-electron chi connectivity index (χ0n) is 8.19. The van der Waals surface area contributed by atoms with Crippen molar-refractivity contribution >= 4 is 35.4 Å². The summed E-state index contributed by atoms with van der Waals surface area (Å²) < 4.78 is 0. The molecule has 0 radical (unpaired) electrons. The van der Waals surface area contributed by atoms with Gasteiger partial charge in [-0.1, -0.05) is 12.1 Å². The second-order valence-corrected chi connectivity index (χ2v) is 3.34. The highest BCUT2D eigenvalue weighted by Crippen LogP contribution is 2.36. The second-order valence-electron chi connectivity index (χ2n) is 3.34. The molecule has 1 heterocycles. The summed E-state index contributed by atoms with van der Waals surface area (Å²) in [6.07, 6.45) is 0.474. The van der Waals surface area contributed by atoms with Gasteiger partial charge in [-0.15, -0.1) is 24.0 Å². The minimum Gasteiger partial charge on any atom is -0.353 e. The monoisotopic (exact) mass is 290 g/mol. The Kier molecular flexibility index (Phi) is 3.05. The highest BCUT2D eigenvalue weighted by Gasteiger charge is 2.26. The molecule has 1 aliphatic rings.